The predicted molar refractivity (Wildman–Crippen MR) is 108 cm³/mol. The molecule has 0 spiro atoms. The molecule has 3 rings (SSSR count). The van der Waals surface area contributed by atoms with E-state index >= 15 is 0 Å². The van der Waals surface area contributed by atoms with Crippen LogP contribution in [-0.2, 0) is 9.53 Å². The van der Waals surface area contributed by atoms with Crippen LogP contribution in [0.2, 0.25) is 10.0 Å². The first kappa shape index (κ1) is 19.0. The third-order valence-corrected chi connectivity index (χ3v) is 4.49. The van der Waals surface area contributed by atoms with Crippen LogP contribution in [0, 0.1) is 0 Å². The molecule has 27 heavy (non-hydrogen) atoms. The van der Waals surface area contributed by atoms with Crippen LogP contribution in [0.15, 0.2) is 42.5 Å². The van der Waals surface area contributed by atoms with Crippen molar-refractivity contribution in [2.75, 3.05) is 6.61 Å². The molecule has 0 saturated heterocycles. The highest BCUT2D eigenvalue weighted by molar-refractivity contribution is 6.39. The number of rotatable bonds is 5. The average Bonchev–Trinajstić information content (AvgIpc) is 2.99. The van der Waals surface area contributed by atoms with Crippen molar-refractivity contribution in [1.29, 1.82) is 0 Å². The summed E-state index contributed by atoms with van der Waals surface area (Å²) in [6.45, 7) is 1.91. The van der Waals surface area contributed by atoms with Gasteiger partial charge in [0.1, 0.15) is 5.69 Å². The summed E-state index contributed by atoms with van der Waals surface area (Å²) in [6.07, 6.45) is 1.54. The molecule has 2 aromatic carbocycles. The number of hydrogen-bond acceptors (Lipinski definition) is 3. The fourth-order valence-corrected chi connectivity index (χ4v) is 3.44. The molecule has 0 bridgehead atoms. The number of primary amides is 1. The Labute approximate surface area is 165 Å². The minimum absolute atomic E-state index is 0.172. The van der Waals surface area contributed by atoms with Gasteiger partial charge in [-0.05, 0) is 30.7 Å². The normalized spacial score (nSPS) is 11.6. The summed E-state index contributed by atoms with van der Waals surface area (Å²) in [5, 5.41) is 1.31. The van der Waals surface area contributed by atoms with Gasteiger partial charge in [0.15, 0.2) is 0 Å². The standard InChI is InChI=1S/C20H16Cl2N2O3/c1-2-27-20(26)18-14(17-15(22)8-12(21)9-16(17)24-18)10-13(19(23)25)11-6-4-3-5-7-11/h3-10,24H,2H2,1H3,(H2,23,25)/b13-10+. The Balaban J connectivity index is 2.32. The Morgan fingerprint density at radius 1 is 1.19 bits per heavy atom. The zero-order valence-electron chi connectivity index (χ0n) is 14.4. The van der Waals surface area contributed by atoms with E-state index in [-0.39, 0.29) is 17.9 Å². The van der Waals surface area contributed by atoms with Crippen molar-refractivity contribution in [3.63, 3.8) is 0 Å². The number of nitrogens with one attached hydrogen (secondary N) is 1. The van der Waals surface area contributed by atoms with Gasteiger partial charge in [-0.2, -0.15) is 0 Å². The first-order valence-electron chi connectivity index (χ1n) is 8.17. The van der Waals surface area contributed by atoms with E-state index in [1.165, 1.54) is 0 Å². The second-order valence-electron chi connectivity index (χ2n) is 5.73. The summed E-state index contributed by atoms with van der Waals surface area (Å²) in [5.41, 5.74) is 7.60. The Morgan fingerprint density at radius 2 is 1.89 bits per heavy atom. The number of esters is 1. The topological polar surface area (TPSA) is 85.2 Å². The molecule has 3 N–H and O–H groups in total. The number of carbonyl (C=O) groups excluding carboxylic acids is 2. The van der Waals surface area contributed by atoms with Crippen molar-refractivity contribution in [3.8, 4) is 0 Å². The zero-order valence-corrected chi connectivity index (χ0v) is 15.9. The van der Waals surface area contributed by atoms with E-state index in [0.29, 0.717) is 32.1 Å². The maximum absolute atomic E-state index is 12.4. The van der Waals surface area contributed by atoms with Crippen LogP contribution in [0.4, 0.5) is 0 Å². The van der Waals surface area contributed by atoms with Gasteiger partial charge < -0.3 is 15.5 Å². The average molecular weight is 403 g/mol. The van der Waals surface area contributed by atoms with Crippen LogP contribution in [0.25, 0.3) is 22.6 Å². The van der Waals surface area contributed by atoms with Crippen LogP contribution in [0.3, 0.4) is 0 Å². The van der Waals surface area contributed by atoms with Gasteiger partial charge >= 0.3 is 5.97 Å². The van der Waals surface area contributed by atoms with E-state index in [4.69, 9.17) is 33.7 Å². The van der Waals surface area contributed by atoms with Crippen molar-refractivity contribution >= 4 is 57.6 Å². The van der Waals surface area contributed by atoms with Gasteiger partial charge in [-0.15, -0.1) is 0 Å². The van der Waals surface area contributed by atoms with Gasteiger partial charge in [0.05, 0.1) is 11.6 Å². The molecule has 0 unspecified atom stereocenters. The number of amides is 1. The van der Waals surface area contributed by atoms with E-state index in [1.807, 2.05) is 6.07 Å². The van der Waals surface area contributed by atoms with Crippen molar-refractivity contribution in [2.24, 2.45) is 5.73 Å². The van der Waals surface area contributed by atoms with Crippen molar-refractivity contribution in [2.45, 2.75) is 6.92 Å². The molecule has 0 atom stereocenters. The molecule has 0 aliphatic rings. The highest BCUT2D eigenvalue weighted by Crippen LogP contribution is 2.35. The molecule has 7 heteroatoms. The SMILES string of the molecule is CCOC(=O)c1[nH]c2cc(Cl)cc(Cl)c2c1/C=C(/C(N)=O)c1ccccc1. The number of ether oxygens (including phenoxy) is 1. The summed E-state index contributed by atoms with van der Waals surface area (Å²) >= 11 is 12.4. The fraction of sp³-hybridized carbons (Fsp3) is 0.100. The van der Waals surface area contributed by atoms with Gasteiger partial charge in [0.2, 0.25) is 5.91 Å². The van der Waals surface area contributed by atoms with E-state index < -0.39 is 11.9 Å². The molecule has 0 aliphatic heterocycles. The second-order valence-corrected chi connectivity index (χ2v) is 6.58. The predicted octanol–water partition coefficient (Wildman–Crippen LogP) is 4.68. The molecular formula is C20H16Cl2N2O3. The van der Waals surface area contributed by atoms with Gasteiger partial charge in [-0.1, -0.05) is 53.5 Å². The maximum Gasteiger partial charge on any atom is 0.355 e. The fourth-order valence-electron chi connectivity index (χ4n) is 2.84. The van der Waals surface area contributed by atoms with Gasteiger partial charge in [-0.3, -0.25) is 4.79 Å². The summed E-state index contributed by atoms with van der Waals surface area (Å²) in [5.74, 6) is -1.19. The van der Waals surface area contributed by atoms with E-state index in [1.54, 1.807) is 49.4 Å². The number of benzene rings is 2. The Morgan fingerprint density at radius 3 is 2.52 bits per heavy atom. The van der Waals surface area contributed by atoms with Crippen molar-refractivity contribution in [1.82, 2.24) is 4.98 Å². The lowest BCUT2D eigenvalue weighted by Crippen LogP contribution is -2.13. The summed E-state index contributed by atoms with van der Waals surface area (Å²) in [6, 6.07) is 12.1. The molecule has 0 fully saturated rings. The molecule has 1 heterocycles. The smallest absolute Gasteiger partial charge is 0.355 e. The third-order valence-electron chi connectivity index (χ3n) is 3.97. The number of carbonyl (C=O) groups is 2. The monoisotopic (exact) mass is 402 g/mol. The van der Waals surface area contributed by atoms with Crippen molar-refractivity contribution < 1.29 is 14.3 Å². The van der Waals surface area contributed by atoms with Gasteiger partial charge in [0, 0.05) is 27.1 Å². The number of fused-ring (bicyclic) bond motifs is 1. The van der Waals surface area contributed by atoms with E-state index in [0.717, 1.165) is 0 Å². The molecule has 5 nitrogen and oxygen atoms in total. The number of halogens is 2. The second kappa shape index (κ2) is 7.86. The highest BCUT2D eigenvalue weighted by atomic mass is 35.5. The molecular weight excluding hydrogens is 387 g/mol. The molecule has 0 aliphatic carbocycles. The lowest BCUT2D eigenvalue weighted by molar-refractivity contribution is -0.112. The lowest BCUT2D eigenvalue weighted by atomic mass is 10.0. The van der Waals surface area contributed by atoms with E-state index in [2.05, 4.69) is 4.98 Å². The van der Waals surface area contributed by atoms with Crippen LogP contribution in [0.1, 0.15) is 28.5 Å². The molecule has 0 saturated carbocycles. The minimum Gasteiger partial charge on any atom is -0.461 e. The first-order chi connectivity index (χ1) is 12.9. The summed E-state index contributed by atoms with van der Waals surface area (Å²) < 4.78 is 5.12. The molecule has 1 amide bonds. The number of hydrogen-bond donors (Lipinski definition) is 2. The van der Waals surface area contributed by atoms with Crippen LogP contribution >= 0.6 is 23.2 Å². The van der Waals surface area contributed by atoms with Crippen LogP contribution in [-0.4, -0.2) is 23.5 Å². The van der Waals surface area contributed by atoms with Crippen LogP contribution < -0.4 is 5.73 Å². The maximum atomic E-state index is 12.4. The number of nitrogens with two attached hydrogens (primary N) is 1. The molecule has 1 aromatic heterocycles. The van der Waals surface area contributed by atoms with Gasteiger partial charge in [-0.25, -0.2) is 4.79 Å². The zero-order chi connectivity index (χ0) is 19.6. The molecule has 138 valence electrons. The Bertz CT molecular complexity index is 1060. The first-order valence-corrected chi connectivity index (χ1v) is 8.92. The van der Waals surface area contributed by atoms with Crippen LogP contribution in [0.5, 0.6) is 0 Å². The summed E-state index contributed by atoms with van der Waals surface area (Å²) in [4.78, 5) is 27.5. The Hall–Kier alpha value is -2.76. The lowest BCUT2D eigenvalue weighted by Gasteiger charge is -2.06. The van der Waals surface area contributed by atoms with E-state index in [9.17, 15) is 9.59 Å². The van der Waals surface area contributed by atoms with Gasteiger partial charge in [0.25, 0.3) is 0 Å². The van der Waals surface area contributed by atoms with Crippen molar-refractivity contribution in [3.05, 3.63) is 69.3 Å². The quantitative estimate of drug-likeness (QED) is 0.479. The highest BCUT2D eigenvalue weighted by Gasteiger charge is 2.21. The number of H-pyrrole nitrogens is 1. The molecule has 3 aromatic rings. The third kappa shape index (κ3) is 3.84. The Kier molecular flexibility index (Phi) is 5.54. The summed E-state index contributed by atoms with van der Waals surface area (Å²) in [7, 11) is 0. The molecule has 0 radical (unpaired) electrons. The largest absolute Gasteiger partial charge is 0.461 e. The number of aromatic amines is 1. The number of aromatic nitrogens is 1. The minimum atomic E-state index is -0.629.